The molecule has 8 heteroatoms. The van der Waals surface area contributed by atoms with Crippen molar-refractivity contribution >= 4 is 17.5 Å². The maximum absolute atomic E-state index is 14.5. The Bertz CT molecular complexity index is 1180. The average Bonchev–Trinajstić information content (AvgIpc) is 3.15. The van der Waals surface area contributed by atoms with Gasteiger partial charge < -0.3 is 4.52 Å². The fourth-order valence-electron chi connectivity index (χ4n) is 2.99. The molecule has 0 fully saturated rings. The van der Waals surface area contributed by atoms with E-state index in [0.717, 1.165) is 4.90 Å². The maximum Gasteiger partial charge on any atom is 0.248 e. The summed E-state index contributed by atoms with van der Waals surface area (Å²) in [6.07, 6.45) is 2.83. The summed E-state index contributed by atoms with van der Waals surface area (Å²) >= 11 is 0. The van der Waals surface area contributed by atoms with Crippen LogP contribution in [0.4, 0.5) is 20.4 Å². The summed E-state index contributed by atoms with van der Waals surface area (Å²) in [5.74, 6) is -1.59. The topological polar surface area (TPSA) is 72.1 Å². The van der Waals surface area contributed by atoms with Gasteiger partial charge in [-0.15, -0.1) is 0 Å². The van der Waals surface area contributed by atoms with Crippen molar-refractivity contribution in [1.82, 2.24) is 15.1 Å². The van der Waals surface area contributed by atoms with Crippen LogP contribution in [-0.2, 0) is 4.79 Å². The summed E-state index contributed by atoms with van der Waals surface area (Å²) in [5.41, 5.74) is 1.39. The van der Waals surface area contributed by atoms with E-state index in [-0.39, 0.29) is 17.3 Å². The van der Waals surface area contributed by atoms with Crippen LogP contribution >= 0.6 is 0 Å². The van der Waals surface area contributed by atoms with Gasteiger partial charge in [-0.05, 0) is 30.3 Å². The van der Waals surface area contributed by atoms with Crippen LogP contribution < -0.4 is 4.90 Å². The van der Waals surface area contributed by atoms with Crippen molar-refractivity contribution in [2.45, 2.75) is 6.92 Å². The van der Waals surface area contributed by atoms with Crippen molar-refractivity contribution in [2.24, 2.45) is 0 Å². The first-order chi connectivity index (χ1) is 14.1. The first kappa shape index (κ1) is 18.4. The Labute approximate surface area is 164 Å². The van der Waals surface area contributed by atoms with E-state index in [2.05, 4.69) is 15.1 Å². The number of amides is 1. The average molecular weight is 392 g/mol. The summed E-state index contributed by atoms with van der Waals surface area (Å²) in [6, 6.07) is 13.2. The molecule has 1 amide bonds. The van der Waals surface area contributed by atoms with Crippen LogP contribution in [0, 0.1) is 11.6 Å². The predicted molar refractivity (Wildman–Crippen MR) is 102 cm³/mol. The molecular formula is C21H14F2N4O2. The second kappa shape index (κ2) is 7.59. The zero-order valence-corrected chi connectivity index (χ0v) is 15.2. The number of halogens is 2. The molecule has 0 saturated carbocycles. The van der Waals surface area contributed by atoms with Crippen molar-refractivity contribution in [3.63, 3.8) is 0 Å². The second-order valence-corrected chi connectivity index (χ2v) is 6.12. The summed E-state index contributed by atoms with van der Waals surface area (Å²) in [7, 11) is 0. The van der Waals surface area contributed by atoms with Crippen LogP contribution in [0.15, 0.2) is 71.6 Å². The minimum Gasteiger partial charge on any atom is -0.336 e. The van der Waals surface area contributed by atoms with Crippen molar-refractivity contribution in [2.75, 3.05) is 4.90 Å². The molecule has 0 N–H and O–H groups in total. The molecule has 0 radical (unpaired) electrons. The van der Waals surface area contributed by atoms with Crippen LogP contribution in [0.5, 0.6) is 0 Å². The van der Waals surface area contributed by atoms with Gasteiger partial charge >= 0.3 is 0 Å². The number of carbonyl (C=O) groups is 1. The third-order valence-corrected chi connectivity index (χ3v) is 4.22. The van der Waals surface area contributed by atoms with Crippen LogP contribution in [-0.4, -0.2) is 21.0 Å². The lowest BCUT2D eigenvalue weighted by Crippen LogP contribution is -2.24. The highest BCUT2D eigenvalue weighted by atomic mass is 19.1. The molecule has 6 nitrogen and oxygen atoms in total. The molecule has 2 heterocycles. The number of benzene rings is 2. The van der Waals surface area contributed by atoms with Gasteiger partial charge in [0, 0.05) is 18.7 Å². The van der Waals surface area contributed by atoms with Crippen molar-refractivity contribution in [1.29, 1.82) is 0 Å². The smallest absolute Gasteiger partial charge is 0.248 e. The molecule has 0 aliphatic rings. The summed E-state index contributed by atoms with van der Waals surface area (Å²) < 4.78 is 33.8. The van der Waals surface area contributed by atoms with Gasteiger partial charge in [0.2, 0.25) is 11.8 Å². The van der Waals surface area contributed by atoms with E-state index in [0.29, 0.717) is 16.8 Å². The lowest BCUT2D eigenvalue weighted by atomic mass is 10.0. The second-order valence-electron chi connectivity index (χ2n) is 6.12. The molecule has 0 spiro atoms. The van der Waals surface area contributed by atoms with Gasteiger partial charge in [0.15, 0.2) is 0 Å². The van der Waals surface area contributed by atoms with Gasteiger partial charge in [0.05, 0.1) is 16.9 Å². The van der Waals surface area contributed by atoms with Crippen molar-refractivity contribution in [3.8, 4) is 22.5 Å². The van der Waals surface area contributed by atoms with Crippen molar-refractivity contribution < 1.29 is 18.1 Å². The number of hydrogen-bond acceptors (Lipinski definition) is 5. The van der Waals surface area contributed by atoms with Gasteiger partial charge in [-0.25, -0.2) is 23.6 Å². The van der Waals surface area contributed by atoms with Gasteiger partial charge in [-0.1, -0.05) is 29.4 Å². The largest absolute Gasteiger partial charge is 0.336 e. The van der Waals surface area contributed by atoms with E-state index in [1.807, 2.05) is 0 Å². The molecular weight excluding hydrogens is 378 g/mol. The van der Waals surface area contributed by atoms with E-state index in [1.54, 1.807) is 18.2 Å². The Hall–Kier alpha value is -3.94. The van der Waals surface area contributed by atoms with E-state index in [9.17, 15) is 13.6 Å². The number of aromatic nitrogens is 3. The molecule has 0 bridgehead atoms. The third kappa shape index (κ3) is 3.47. The zero-order chi connectivity index (χ0) is 20.4. The quantitative estimate of drug-likeness (QED) is 0.501. The standard InChI is InChI=1S/C21H14F2N4O2/c1-13(28)27(18-8-3-2-7-16(18)23)21-19(17-9-10-24-12-25-17)20(26-29-21)14-5-4-6-15(22)11-14/h2-12H,1H3. The fraction of sp³-hybridized carbons (Fsp3) is 0.0476. The molecule has 0 saturated heterocycles. The minimum atomic E-state index is -0.611. The fourth-order valence-corrected chi connectivity index (χ4v) is 2.99. The molecule has 2 aromatic heterocycles. The number of hydrogen-bond donors (Lipinski definition) is 0. The molecule has 0 aliphatic carbocycles. The predicted octanol–water partition coefficient (Wildman–Crippen LogP) is 4.76. The van der Waals surface area contributed by atoms with Gasteiger partial charge in [0.25, 0.3) is 0 Å². The van der Waals surface area contributed by atoms with Crippen molar-refractivity contribution in [3.05, 3.63) is 78.8 Å². The lowest BCUT2D eigenvalue weighted by Gasteiger charge is -2.19. The Morgan fingerprint density at radius 2 is 1.90 bits per heavy atom. The maximum atomic E-state index is 14.5. The van der Waals surface area contributed by atoms with Gasteiger partial charge in [-0.2, -0.15) is 0 Å². The highest BCUT2D eigenvalue weighted by Gasteiger charge is 2.29. The third-order valence-electron chi connectivity index (χ3n) is 4.22. The Morgan fingerprint density at radius 1 is 1.07 bits per heavy atom. The molecule has 2 aromatic carbocycles. The van der Waals surface area contributed by atoms with Crippen LogP contribution in [0.3, 0.4) is 0 Å². The number of para-hydroxylation sites is 1. The Balaban J connectivity index is 1.99. The van der Waals surface area contributed by atoms with E-state index < -0.39 is 17.5 Å². The van der Waals surface area contributed by atoms with E-state index >= 15 is 0 Å². The van der Waals surface area contributed by atoms with E-state index in [4.69, 9.17) is 4.52 Å². The Morgan fingerprint density at radius 3 is 2.59 bits per heavy atom. The van der Waals surface area contributed by atoms with Crippen LogP contribution in [0.2, 0.25) is 0 Å². The number of nitrogens with zero attached hydrogens (tertiary/aromatic N) is 4. The van der Waals surface area contributed by atoms with Gasteiger partial charge in [0.1, 0.15) is 23.7 Å². The molecule has 0 unspecified atom stereocenters. The Kier molecular flexibility index (Phi) is 4.82. The normalized spacial score (nSPS) is 10.7. The minimum absolute atomic E-state index is 0.00255. The highest BCUT2D eigenvalue weighted by Crippen LogP contribution is 2.41. The number of anilines is 2. The molecule has 29 heavy (non-hydrogen) atoms. The van der Waals surface area contributed by atoms with Crippen LogP contribution in [0.1, 0.15) is 6.92 Å². The molecule has 4 aromatic rings. The molecule has 0 atom stereocenters. The monoisotopic (exact) mass is 392 g/mol. The molecule has 0 aliphatic heterocycles. The number of carbonyl (C=O) groups excluding carboxylic acids is 1. The first-order valence-corrected chi connectivity index (χ1v) is 8.63. The molecule has 4 rings (SSSR count). The summed E-state index contributed by atoms with van der Waals surface area (Å²) in [6.45, 7) is 1.28. The van der Waals surface area contributed by atoms with Gasteiger partial charge in [-0.3, -0.25) is 4.79 Å². The SMILES string of the molecule is CC(=O)N(c1ccccc1F)c1onc(-c2cccc(F)c2)c1-c1ccncn1. The first-order valence-electron chi connectivity index (χ1n) is 8.63. The molecule has 144 valence electrons. The van der Waals surface area contributed by atoms with E-state index in [1.165, 1.54) is 55.8 Å². The summed E-state index contributed by atoms with van der Waals surface area (Å²) in [4.78, 5) is 21.6. The zero-order valence-electron chi connectivity index (χ0n) is 15.2. The number of rotatable bonds is 4. The lowest BCUT2D eigenvalue weighted by molar-refractivity contribution is -0.116. The van der Waals surface area contributed by atoms with Crippen LogP contribution in [0.25, 0.3) is 22.5 Å². The highest BCUT2D eigenvalue weighted by molar-refractivity contribution is 6.03. The summed E-state index contributed by atoms with van der Waals surface area (Å²) in [5, 5.41) is 4.04.